The van der Waals surface area contributed by atoms with Crippen molar-refractivity contribution >= 4 is 32.2 Å². The van der Waals surface area contributed by atoms with Crippen LogP contribution in [-0.4, -0.2) is 65.6 Å². The molecule has 3 aromatic rings. The first-order chi connectivity index (χ1) is 14.8. The predicted octanol–water partition coefficient (Wildman–Crippen LogP) is 2.16. The van der Waals surface area contributed by atoms with Gasteiger partial charge in [0.05, 0.1) is 30.1 Å². The third-order valence-corrected chi connectivity index (χ3v) is 7.85. The maximum Gasteiger partial charge on any atom is 0.226 e. The van der Waals surface area contributed by atoms with Gasteiger partial charge in [0, 0.05) is 42.5 Å². The van der Waals surface area contributed by atoms with Gasteiger partial charge in [0.25, 0.3) is 0 Å². The molecule has 2 aromatic heterocycles. The predicted molar refractivity (Wildman–Crippen MR) is 121 cm³/mol. The molecule has 2 atom stereocenters. The zero-order valence-electron chi connectivity index (χ0n) is 17.5. The number of benzene rings is 1. The first kappa shape index (κ1) is 21.9. The standard InChI is InChI=1S/C21H26N4O4S2/c1-15-11-24(12-16(2)29-15)31(27,28)9-8-22-20(26)10-18-14-30-21-23-19(13-25(18)21)17-6-4-3-5-7-17/h3-7,13-16H,8-12H2,1-2H3,(H,22,26). The van der Waals surface area contributed by atoms with Gasteiger partial charge in [0.15, 0.2) is 4.96 Å². The SMILES string of the molecule is CC1CN(S(=O)(=O)CCNC(=O)Cc2csc3nc(-c4ccccc4)cn23)CC(C)O1. The van der Waals surface area contributed by atoms with E-state index >= 15 is 0 Å². The van der Waals surface area contributed by atoms with E-state index in [2.05, 4.69) is 10.3 Å². The number of carbonyl (C=O) groups excluding carboxylic acids is 1. The van der Waals surface area contributed by atoms with Crippen molar-refractivity contribution in [3.8, 4) is 11.3 Å². The number of hydrogen-bond acceptors (Lipinski definition) is 6. The molecule has 3 heterocycles. The summed E-state index contributed by atoms with van der Waals surface area (Å²) in [4.78, 5) is 17.9. The Morgan fingerprint density at radius 1 is 1.23 bits per heavy atom. The molecule has 0 saturated carbocycles. The van der Waals surface area contributed by atoms with Crippen molar-refractivity contribution in [1.82, 2.24) is 19.0 Å². The number of hydrogen-bond donors (Lipinski definition) is 1. The van der Waals surface area contributed by atoms with Crippen LogP contribution >= 0.6 is 11.3 Å². The third-order valence-electron chi connectivity index (χ3n) is 5.16. The fourth-order valence-electron chi connectivity index (χ4n) is 3.74. The summed E-state index contributed by atoms with van der Waals surface area (Å²) in [6, 6.07) is 9.87. The Kier molecular flexibility index (Phi) is 6.42. The molecule has 4 rings (SSSR count). The van der Waals surface area contributed by atoms with Crippen LogP contribution in [0.1, 0.15) is 19.5 Å². The molecule has 1 amide bonds. The smallest absolute Gasteiger partial charge is 0.226 e. The number of fused-ring (bicyclic) bond motifs is 1. The molecular weight excluding hydrogens is 436 g/mol. The Balaban J connectivity index is 1.34. The Morgan fingerprint density at radius 2 is 1.94 bits per heavy atom. The molecule has 2 unspecified atom stereocenters. The minimum absolute atomic E-state index is 0.0771. The summed E-state index contributed by atoms with van der Waals surface area (Å²) in [7, 11) is -3.44. The Labute approximate surface area is 185 Å². The molecule has 10 heteroatoms. The topological polar surface area (TPSA) is 93.0 Å². The lowest BCUT2D eigenvalue weighted by molar-refractivity contribution is -0.120. The summed E-state index contributed by atoms with van der Waals surface area (Å²) in [5.74, 6) is -0.339. The van der Waals surface area contributed by atoms with Crippen LogP contribution in [-0.2, 0) is 26.0 Å². The monoisotopic (exact) mass is 462 g/mol. The van der Waals surface area contributed by atoms with Crippen molar-refractivity contribution in [3.63, 3.8) is 0 Å². The average molecular weight is 463 g/mol. The van der Waals surface area contributed by atoms with Gasteiger partial charge in [-0.2, -0.15) is 4.31 Å². The van der Waals surface area contributed by atoms with Crippen LogP contribution in [0, 0.1) is 0 Å². The van der Waals surface area contributed by atoms with Gasteiger partial charge in [-0.25, -0.2) is 13.4 Å². The largest absolute Gasteiger partial charge is 0.373 e. The van der Waals surface area contributed by atoms with Crippen LogP contribution in [0.4, 0.5) is 0 Å². The van der Waals surface area contributed by atoms with Crippen LogP contribution in [0.3, 0.4) is 0 Å². The summed E-state index contributed by atoms with van der Waals surface area (Å²) in [6.45, 7) is 4.49. The second-order valence-electron chi connectivity index (χ2n) is 7.79. The molecular formula is C21H26N4O4S2. The number of nitrogens with one attached hydrogen (secondary N) is 1. The van der Waals surface area contributed by atoms with Gasteiger partial charge in [0.1, 0.15) is 0 Å². The summed E-state index contributed by atoms with van der Waals surface area (Å²) in [5.41, 5.74) is 2.70. The first-order valence-corrected chi connectivity index (χ1v) is 12.7. The second-order valence-corrected chi connectivity index (χ2v) is 10.7. The average Bonchev–Trinajstić information content (AvgIpc) is 3.30. The zero-order chi connectivity index (χ0) is 22.0. The van der Waals surface area contributed by atoms with Crippen molar-refractivity contribution in [1.29, 1.82) is 0 Å². The number of thiazole rings is 1. The number of nitrogens with zero attached hydrogens (tertiary/aromatic N) is 3. The van der Waals surface area contributed by atoms with E-state index < -0.39 is 10.0 Å². The van der Waals surface area contributed by atoms with E-state index in [9.17, 15) is 13.2 Å². The van der Waals surface area contributed by atoms with E-state index in [4.69, 9.17) is 4.74 Å². The number of sulfonamides is 1. The summed E-state index contributed by atoms with van der Waals surface area (Å²) < 4.78 is 34.2. The second kappa shape index (κ2) is 9.07. The molecule has 1 aliphatic heterocycles. The van der Waals surface area contributed by atoms with Gasteiger partial charge >= 0.3 is 0 Å². The molecule has 1 aliphatic rings. The molecule has 1 saturated heterocycles. The van der Waals surface area contributed by atoms with Gasteiger partial charge in [-0.15, -0.1) is 11.3 Å². The van der Waals surface area contributed by atoms with E-state index in [0.29, 0.717) is 13.1 Å². The van der Waals surface area contributed by atoms with E-state index in [1.807, 2.05) is 60.2 Å². The van der Waals surface area contributed by atoms with Gasteiger partial charge in [-0.05, 0) is 13.8 Å². The van der Waals surface area contributed by atoms with E-state index in [0.717, 1.165) is 21.9 Å². The highest BCUT2D eigenvalue weighted by atomic mass is 32.2. The quantitative estimate of drug-likeness (QED) is 0.581. The highest BCUT2D eigenvalue weighted by Gasteiger charge is 2.30. The lowest BCUT2D eigenvalue weighted by Gasteiger charge is -2.34. The Bertz CT molecular complexity index is 1150. The van der Waals surface area contributed by atoms with Crippen LogP contribution in [0.5, 0.6) is 0 Å². The number of morpholine rings is 1. The van der Waals surface area contributed by atoms with Crippen molar-refractivity contribution in [2.24, 2.45) is 0 Å². The molecule has 0 aliphatic carbocycles. The van der Waals surface area contributed by atoms with Gasteiger partial charge < -0.3 is 10.1 Å². The molecule has 166 valence electrons. The van der Waals surface area contributed by atoms with E-state index in [1.54, 1.807) is 0 Å². The molecule has 31 heavy (non-hydrogen) atoms. The maximum absolute atomic E-state index is 12.6. The lowest BCUT2D eigenvalue weighted by atomic mass is 10.2. The number of amides is 1. The number of aromatic nitrogens is 2. The van der Waals surface area contributed by atoms with Gasteiger partial charge in [-0.1, -0.05) is 30.3 Å². The van der Waals surface area contributed by atoms with Crippen LogP contribution in [0.15, 0.2) is 41.9 Å². The van der Waals surface area contributed by atoms with Gasteiger partial charge in [-0.3, -0.25) is 9.20 Å². The highest BCUT2D eigenvalue weighted by Crippen LogP contribution is 2.23. The van der Waals surface area contributed by atoms with Gasteiger partial charge in [0.2, 0.25) is 15.9 Å². The summed E-state index contributed by atoms with van der Waals surface area (Å²) in [5, 5.41) is 4.64. The molecule has 0 bridgehead atoms. The van der Waals surface area contributed by atoms with E-state index in [-0.39, 0.29) is 36.8 Å². The molecule has 0 radical (unpaired) electrons. The number of rotatable bonds is 7. The summed E-state index contributed by atoms with van der Waals surface area (Å²) >= 11 is 1.48. The molecule has 0 spiro atoms. The number of ether oxygens (including phenoxy) is 1. The molecule has 1 fully saturated rings. The fraction of sp³-hybridized carbons (Fsp3) is 0.429. The van der Waals surface area contributed by atoms with E-state index in [1.165, 1.54) is 15.6 Å². The summed E-state index contributed by atoms with van der Waals surface area (Å²) in [6.07, 6.45) is 1.82. The lowest BCUT2D eigenvalue weighted by Crippen LogP contribution is -2.49. The number of imidazole rings is 1. The molecule has 1 N–H and O–H groups in total. The van der Waals surface area contributed by atoms with Crippen LogP contribution in [0.2, 0.25) is 0 Å². The van der Waals surface area contributed by atoms with Crippen molar-refractivity contribution in [3.05, 3.63) is 47.6 Å². The minimum Gasteiger partial charge on any atom is -0.373 e. The minimum atomic E-state index is -3.44. The molecule has 1 aromatic carbocycles. The fourth-order valence-corrected chi connectivity index (χ4v) is 6.10. The third kappa shape index (κ3) is 5.15. The van der Waals surface area contributed by atoms with Crippen molar-refractivity contribution < 1.29 is 17.9 Å². The van der Waals surface area contributed by atoms with Crippen LogP contribution < -0.4 is 5.32 Å². The van der Waals surface area contributed by atoms with Crippen molar-refractivity contribution in [2.75, 3.05) is 25.4 Å². The highest BCUT2D eigenvalue weighted by molar-refractivity contribution is 7.89. The number of carbonyl (C=O) groups is 1. The zero-order valence-corrected chi connectivity index (χ0v) is 19.2. The van der Waals surface area contributed by atoms with Crippen molar-refractivity contribution in [2.45, 2.75) is 32.5 Å². The normalized spacial score (nSPS) is 20.2. The first-order valence-electron chi connectivity index (χ1n) is 10.2. The Morgan fingerprint density at radius 3 is 2.65 bits per heavy atom. The molecule has 8 nitrogen and oxygen atoms in total. The van der Waals surface area contributed by atoms with Crippen LogP contribution in [0.25, 0.3) is 16.2 Å². The maximum atomic E-state index is 12.6. The Hall–Kier alpha value is -2.27.